The van der Waals surface area contributed by atoms with Crippen LogP contribution in [-0.2, 0) is 6.18 Å². The Morgan fingerprint density at radius 1 is 1.10 bits per heavy atom. The number of aromatic amines is 1. The Hall–Kier alpha value is -2.77. The Morgan fingerprint density at radius 3 is 2.57 bits per heavy atom. The van der Waals surface area contributed by atoms with E-state index < -0.39 is 17.3 Å². The van der Waals surface area contributed by atoms with Gasteiger partial charge in [-0.15, -0.1) is 0 Å². The van der Waals surface area contributed by atoms with Crippen LogP contribution in [-0.4, -0.2) is 19.9 Å². The lowest BCUT2D eigenvalue weighted by atomic mass is 10.2. The molecule has 0 radical (unpaired) electrons. The third kappa shape index (κ3) is 2.47. The van der Waals surface area contributed by atoms with Gasteiger partial charge in [0.25, 0.3) is 5.56 Å². The first-order chi connectivity index (χ1) is 9.95. The molecule has 1 N–H and O–H groups in total. The molecule has 106 valence electrons. The van der Waals surface area contributed by atoms with Crippen molar-refractivity contribution in [1.29, 1.82) is 0 Å². The van der Waals surface area contributed by atoms with Gasteiger partial charge in [-0.1, -0.05) is 0 Å². The van der Waals surface area contributed by atoms with Crippen molar-refractivity contribution >= 4 is 10.9 Å². The second kappa shape index (κ2) is 4.65. The Balaban J connectivity index is 2.10. The fourth-order valence-corrected chi connectivity index (χ4v) is 1.81. The third-order valence-corrected chi connectivity index (χ3v) is 2.84. The number of fused-ring (bicyclic) bond motifs is 1. The Labute approximate surface area is 115 Å². The lowest BCUT2D eigenvalue weighted by Crippen LogP contribution is -2.11. The second-order valence-corrected chi connectivity index (χ2v) is 4.24. The van der Waals surface area contributed by atoms with Crippen LogP contribution in [0.4, 0.5) is 13.2 Å². The van der Waals surface area contributed by atoms with Crippen molar-refractivity contribution in [2.45, 2.75) is 6.18 Å². The number of hydrogen-bond donors (Lipinski definition) is 1. The normalized spacial score (nSPS) is 11.8. The zero-order chi connectivity index (χ0) is 15.0. The van der Waals surface area contributed by atoms with Gasteiger partial charge in [-0.2, -0.15) is 13.2 Å². The van der Waals surface area contributed by atoms with Gasteiger partial charge in [-0.05, 0) is 18.2 Å². The van der Waals surface area contributed by atoms with Crippen LogP contribution in [0.25, 0.3) is 22.4 Å². The van der Waals surface area contributed by atoms with Gasteiger partial charge in [0.05, 0.1) is 22.7 Å². The first kappa shape index (κ1) is 13.2. The molecule has 0 aromatic carbocycles. The number of nitrogens with one attached hydrogen (secondary N) is 1. The van der Waals surface area contributed by atoms with Crippen molar-refractivity contribution in [2.75, 3.05) is 0 Å². The molecule has 3 rings (SSSR count). The van der Waals surface area contributed by atoms with E-state index in [0.29, 0.717) is 17.1 Å². The van der Waals surface area contributed by atoms with Gasteiger partial charge in [0.15, 0.2) is 5.82 Å². The van der Waals surface area contributed by atoms with Gasteiger partial charge in [-0.25, -0.2) is 4.98 Å². The van der Waals surface area contributed by atoms with E-state index in [1.807, 2.05) is 0 Å². The molecule has 8 heteroatoms. The number of aromatic nitrogens is 4. The Kier molecular flexibility index (Phi) is 2.93. The molecule has 0 atom stereocenters. The summed E-state index contributed by atoms with van der Waals surface area (Å²) in [5.74, 6) is 0.0919. The van der Waals surface area contributed by atoms with Gasteiger partial charge in [0, 0.05) is 12.4 Å². The monoisotopic (exact) mass is 292 g/mol. The quantitative estimate of drug-likeness (QED) is 0.747. The zero-order valence-corrected chi connectivity index (χ0v) is 10.3. The molecule has 0 saturated carbocycles. The van der Waals surface area contributed by atoms with E-state index in [-0.39, 0.29) is 11.5 Å². The van der Waals surface area contributed by atoms with Crippen molar-refractivity contribution in [3.8, 4) is 11.5 Å². The average Bonchev–Trinajstić information content (AvgIpc) is 2.46. The molecule has 0 aliphatic rings. The molecule has 3 heterocycles. The molecule has 3 aromatic rings. The molecular formula is C13H7F3N4O. The summed E-state index contributed by atoms with van der Waals surface area (Å²) in [6, 6.07) is 3.55. The highest BCUT2D eigenvalue weighted by Crippen LogP contribution is 2.29. The molecule has 0 unspecified atom stereocenters. The van der Waals surface area contributed by atoms with Crippen LogP contribution in [0.2, 0.25) is 0 Å². The molecule has 0 fully saturated rings. The van der Waals surface area contributed by atoms with Crippen LogP contribution in [0, 0.1) is 0 Å². The minimum atomic E-state index is -4.46. The third-order valence-electron chi connectivity index (χ3n) is 2.84. The Bertz CT molecular complexity index is 856. The second-order valence-electron chi connectivity index (χ2n) is 4.24. The van der Waals surface area contributed by atoms with E-state index in [4.69, 9.17) is 0 Å². The van der Waals surface area contributed by atoms with Crippen molar-refractivity contribution in [3.63, 3.8) is 0 Å². The fraction of sp³-hybridized carbons (Fsp3) is 0.0769. The summed E-state index contributed by atoms with van der Waals surface area (Å²) in [5, 5.41) is 0.348. The number of hydrogen-bond acceptors (Lipinski definition) is 4. The maximum atomic E-state index is 12.5. The molecule has 0 aliphatic heterocycles. The highest BCUT2D eigenvalue weighted by atomic mass is 19.4. The smallest absolute Gasteiger partial charge is 0.305 e. The largest absolute Gasteiger partial charge is 0.417 e. The fourth-order valence-electron chi connectivity index (χ4n) is 1.81. The summed E-state index contributed by atoms with van der Waals surface area (Å²) >= 11 is 0. The van der Waals surface area contributed by atoms with Crippen LogP contribution in [0.5, 0.6) is 0 Å². The zero-order valence-electron chi connectivity index (χ0n) is 10.3. The lowest BCUT2D eigenvalue weighted by Gasteiger charge is -2.06. The van der Waals surface area contributed by atoms with Crippen molar-refractivity contribution < 1.29 is 13.2 Å². The first-order valence-electron chi connectivity index (χ1n) is 5.83. The number of alkyl halides is 3. The van der Waals surface area contributed by atoms with E-state index >= 15 is 0 Å². The van der Waals surface area contributed by atoms with Crippen LogP contribution >= 0.6 is 0 Å². The van der Waals surface area contributed by atoms with Gasteiger partial charge in [0.1, 0.15) is 5.69 Å². The average molecular weight is 292 g/mol. The highest BCUT2D eigenvalue weighted by molar-refractivity contribution is 5.77. The van der Waals surface area contributed by atoms with Gasteiger partial charge < -0.3 is 4.98 Å². The predicted molar refractivity (Wildman–Crippen MR) is 68.4 cm³/mol. The van der Waals surface area contributed by atoms with Crippen LogP contribution < -0.4 is 5.56 Å². The van der Waals surface area contributed by atoms with Gasteiger partial charge >= 0.3 is 6.18 Å². The van der Waals surface area contributed by atoms with E-state index in [1.165, 1.54) is 18.5 Å². The lowest BCUT2D eigenvalue weighted by molar-refractivity contribution is -0.137. The predicted octanol–water partition coefficient (Wildman–Crippen LogP) is 2.40. The molecular weight excluding hydrogens is 285 g/mol. The van der Waals surface area contributed by atoms with Gasteiger partial charge in [-0.3, -0.25) is 14.8 Å². The van der Waals surface area contributed by atoms with Gasteiger partial charge in [0.2, 0.25) is 0 Å². The standard InChI is InChI=1S/C13H7F3N4O/c14-13(15,16)7-1-2-9(18-5-7)11-19-10-6-17-4-3-8(10)12(21)20-11/h1-6H,(H,19,20,21). The van der Waals surface area contributed by atoms with Crippen LogP contribution in [0.3, 0.4) is 0 Å². The van der Waals surface area contributed by atoms with Crippen molar-refractivity contribution in [1.82, 2.24) is 19.9 Å². The Morgan fingerprint density at radius 2 is 1.90 bits per heavy atom. The summed E-state index contributed by atoms with van der Waals surface area (Å²) in [7, 11) is 0. The summed E-state index contributed by atoms with van der Waals surface area (Å²) in [6.45, 7) is 0. The van der Waals surface area contributed by atoms with E-state index in [1.54, 1.807) is 0 Å². The maximum Gasteiger partial charge on any atom is 0.417 e. The van der Waals surface area contributed by atoms with E-state index in [0.717, 1.165) is 12.1 Å². The first-order valence-corrected chi connectivity index (χ1v) is 5.83. The molecule has 0 aliphatic carbocycles. The molecule has 0 bridgehead atoms. The number of H-pyrrole nitrogens is 1. The molecule has 0 saturated heterocycles. The highest BCUT2D eigenvalue weighted by Gasteiger charge is 2.30. The maximum absolute atomic E-state index is 12.5. The molecule has 0 spiro atoms. The summed E-state index contributed by atoms with van der Waals surface area (Å²) < 4.78 is 37.4. The number of nitrogens with zero attached hydrogens (tertiary/aromatic N) is 3. The minimum absolute atomic E-state index is 0.0919. The van der Waals surface area contributed by atoms with Crippen LogP contribution in [0.15, 0.2) is 41.6 Å². The molecule has 21 heavy (non-hydrogen) atoms. The van der Waals surface area contributed by atoms with Crippen molar-refractivity contribution in [2.24, 2.45) is 0 Å². The summed E-state index contributed by atoms with van der Waals surface area (Å²) in [5.41, 5.74) is -0.779. The summed E-state index contributed by atoms with van der Waals surface area (Å²) in [4.78, 5) is 26.0. The topological polar surface area (TPSA) is 71.5 Å². The molecule has 5 nitrogen and oxygen atoms in total. The molecule has 3 aromatic heterocycles. The van der Waals surface area contributed by atoms with Crippen molar-refractivity contribution in [3.05, 3.63) is 52.7 Å². The number of halogens is 3. The van der Waals surface area contributed by atoms with Crippen LogP contribution in [0.1, 0.15) is 5.56 Å². The summed E-state index contributed by atoms with van der Waals surface area (Å²) in [6.07, 6.45) is -0.907. The number of rotatable bonds is 1. The van der Waals surface area contributed by atoms with E-state index in [9.17, 15) is 18.0 Å². The van der Waals surface area contributed by atoms with E-state index in [2.05, 4.69) is 19.9 Å². The minimum Gasteiger partial charge on any atom is -0.305 e. The number of pyridine rings is 2. The SMILES string of the molecule is O=c1[nH]c(-c2ccc(C(F)(F)F)cn2)nc2cnccc12. The molecule has 0 amide bonds.